The predicted molar refractivity (Wildman–Crippen MR) is 130 cm³/mol. The van der Waals surface area contributed by atoms with Gasteiger partial charge in [-0.05, 0) is 61.7 Å². The normalized spacial score (nSPS) is 13.2. The van der Waals surface area contributed by atoms with Crippen molar-refractivity contribution in [2.45, 2.75) is 58.8 Å². The van der Waals surface area contributed by atoms with E-state index < -0.39 is 5.54 Å². The Hall–Kier alpha value is -2.39. The number of hydrogen-bond donors (Lipinski definition) is 2. The smallest absolute Gasteiger partial charge is 0.259 e. The van der Waals surface area contributed by atoms with Crippen LogP contribution >= 0.6 is 0 Å². The van der Waals surface area contributed by atoms with Crippen LogP contribution in [0.1, 0.15) is 54.5 Å². The molecule has 0 fully saturated rings. The second-order valence-electron chi connectivity index (χ2n) is 8.95. The fourth-order valence-corrected chi connectivity index (χ4v) is 4.29. The molecule has 0 aliphatic carbocycles. The summed E-state index contributed by atoms with van der Waals surface area (Å²) in [6, 6.07) is 12.0. The standard InChI is InChI=1S/C27H38N2O3/c1-20(2)27(28-4,25-11-8-21(3)26(17-25)32-6)13-7-14-29(5)15-12-22-9-10-23(18-30)24(16-22)19-31/h8-11,16-17,20,30-31H,7,12-15,18-19H2,1-3,5-6H3. The lowest BCUT2D eigenvalue weighted by Gasteiger charge is -2.28. The first kappa shape index (κ1) is 25.9. The minimum absolute atomic E-state index is 0.0540. The van der Waals surface area contributed by atoms with Crippen molar-refractivity contribution >= 4 is 0 Å². The quantitative estimate of drug-likeness (QED) is 0.471. The lowest BCUT2D eigenvalue weighted by Crippen LogP contribution is -2.31. The summed E-state index contributed by atoms with van der Waals surface area (Å²) < 4.78 is 5.51. The Morgan fingerprint density at radius 2 is 1.78 bits per heavy atom. The first-order valence-electron chi connectivity index (χ1n) is 11.4. The van der Waals surface area contributed by atoms with Crippen LogP contribution in [-0.4, -0.2) is 42.4 Å². The van der Waals surface area contributed by atoms with Crippen LogP contribution in [0.2, 0.25) is 0 Å². The van der Waals surface area contributed by atoms with Gasteiger partial charge in [-0.15, -0.1) is 0 Å². The molecule has 1 unspecified atom stereocenters. The number of benzene rings is 2. The molecule has 0 aromatic heterocycles. The number of hydrogen-bond acceptors (Lipinski definition) is 4. The van der Waals surface area contributed by atoms with Crippen molar-refractivity contribution in [1.82, 2.24) is 4.90 Å². The summed E-state index contributed by atoms with van der Waals surface area (Å²) in [6.07, 6.45) is 2.60. The van der Waals surface area contributed by atoms with Crippen molar-refractivity contribution in [3.05, 3.63) is 75.6 Å². The van der Waals surface area contributed by atoms with Crippen LogP contribution in [0.15, 0.2) is 36.4 Å². The Morgan fingerprint density at radius 1 is 1.06 bits per heavy atom. The van der Waals surface area contributed by atoms with Crippen LogP contribution in [0.25, 0.3) is 4.85 Å². The monoisotopic (exact) mass is 438 g/mol. The van der Waals surface area contributed by atoms with E-state index >= 15 is 0 Å². The molecule has 0 aliphatic heterocycles. The average Bonchev–Trinajstić information content (AvgIpc) is 2.80. The van der Waals surface area contributed by atoms with Gasteiger partial charge in [0.15, 0.2) is 0 Å². The van der Waals surface area contributed by atoms with Gasteiger partial charge in [-0.3, -0.25) is 0 Å². The zero-order valence-electron chi connectivity index (χ0n) is 20.2. The molecule has 5 heteroatoms. The summed E-state index contributed by atoms with van der Waals surface area (Å²) in [6.45, 7) is 16.0. The molecular weight excluding hydrogens is 400 g/mol. The highest BCUT2D eigenvalue weighted by Gasteiger charge is 2.42. The number of rotatable bonds is 12. The van der Waals surface area contributed by atoms with Gasteiger partial charge in [-0.2, -0.15) is 0 Å². The molecule has 1 atom stereocenters. The molecule has 0 spiro atoms. The lowest BCUT2D eigenvalue weighted by molar-refractivity contribution is 0.259. The third kappa shape index (κ3) is 6.10. The summed E-state index contributed by atoms with van der Waals surface area (Å²) in [4.78, 5) is 6.45. The van der Waals surface area contributed by atoms with E-state index in [0.29, 0.717) is 0 Å². The van der Waals surface area contributed by atoms with E-state index in [9.17, 15) is 10.2 Å². The van der Waals surface area contributed by atoms with Gasteiger partial charge in [-0.25, -0.2) is 6.57 Å². The molecule has 2 aromatic rings. The van der Waals surface area contributed by atoms with Gasteiger partial charge in [0.1, 0.15) is 5.75 Å². The van der Waals surface area contributed by atoms with E-state index in [2.05, 4.69) is 36.7 Å². The number of aliphatic hydroxyl groups is 2. The molecule has 0 bridgehead atoms. The van der Waals surface area contributed by atoms with Crippen LogP contribution in [-0.2, 0) is 25.2 Å². The Bertz CT molecular complexity index is 920. The maximum absolute atomic E-state index is 9.50. The van der Waals surface area contributed by atoms with Crippen molar-refractivity contribution in [3.63, 3.8) is 0 Å². The van der Waals surface area contributed by atoms with E-state index in [1.807, 2.05) is 37.3 Å². The highest BCUT2D eigenvalue weighted by molar-refractivity contribution is 5.41. The molecule has 0 aliphatic rings. The molecule has 2 N–H and O–H groups in total. The maximum atomic E-state index is 9.50. The van der Waals surface area contributed by atoms with Crippen LogP contribution in [0.4, 0.5) is 0 Å². The minimum Gasteiger partial charge on any atom is -0.496 e. The SMILES string of the molecule is [C-]#[N+]C(CCCN(C)CCc1ccc(CO)c(CO)c1)(c1ccc(C)c(OC)c1)C(C)C. The molecule has 2 rings (SSSR count). The predicted octanol–water partition coefficient (Wildman–Crippen LogP) is 4.71. The van der Waals surface area contributed by atoms with Crippen LogP contribution in [0, 0.1) is 19.4 Å². The number of aliphatic hydroxyl groups excluding tert-OH is 2. The van der Waals surface area contributed by atoms with Gasteiger partial charge in [-0.1, -0.05) is 44.2 Å². The Morgan fingerprint density at radius 3 is 2.38 bits per heavy atom. The van der Waals surface area contributed by atoms with Crippen molar-refractivity contribution in [2.75, 3.05) is 27.2 Å². The molecule has 0 radical (unpaired) electrons. The molecule has 0 heterocycles. The van der Waals surface area contributed by atoms with Gasteiger partial charge in [0.05, 0.1) is 20.3 Å². The lowest BCUT2D eigenvalue weighted by atomic mass is 9.76. The van der Waals surface area contributed by atoms with Gasteiger partial charge in [0.2, 0.25) is 0 Å². The summed E-state index contributed by atoms with van der Waals surface area (Å²) in [7, 11) is 3.79. The molecule has 0 amide bonds. The second kappa shape index (κ2) is 12.0. The maximum Gasteiger partial charge on any atom is 0.259 e. The summed E-state index contributed by atoms with van der Waals surface area (Å²) in [5.74, 6) is 1.03. The molecular formula is C27H38N2O3. The zero-order chi connectivity index (χ0) is 23.7. The molecule has 0 saturated heterocycles. The van der Waals surface area contributed by atoms with E-state index in [-0.39, 0.29) is 19.1 Å². The molecule has 32 heavy (non-hydrogen) atoms. The van der Waals surface area contributed by atoms with Crippen molar-refractivity contribution in [3.8, 4) is 5.75 Å². The number of nitrogens with zero attached hydrogens (tertiary/aromatic N) is 2. The zero-order valence-corrected chi connectivity index (χ0v) is 20.2. The van der Waals surface area contributed by atoms with Crippen molar-refractivity contribution < 1.29 is 14.9 Å². The van der Waals surface area contributed by atoms with Crippen LogP contribution in [0.3, 0.4) is 0 Å². The third-order valence-corrected chi connectivity index (χ3v) is 6.55. The van der Waals surface area contributed by atoms with Gasteiger partial charge >= 0.3 is 0 Å². The van der Waals surface area contributed by atoms with Gasteiger partial charge in [0, 0.05) is 24.4 Å². The van der Waals surface area contributed by atoms with E-state index in [4.69, 9.17) is 11.3 Å². The van der Waals surface area contributed by atoms with Crippen LogP contribution in [0.5, 0.6) is 5.75 Å². The second-order valence-corrected chi connectivity index (χ2v) is 8.95. The fourth-order valence-electron chi connectivity index (χ4n) is 4.29. The number of ether oxygens (including phenoxy) is 1. The molecule has 0 saturated carbocycles. The highest BCUT2D eigenvalue weighted by atomic mass is 16.5. The first-order chi connectivity index (χ1) is 15.3. The summed E-state index contributed by atoms with van der Waals surface area (Å²) in [5.41, 5.74) is 4.28. The number of aryl methyl sites for hydroxylation is 1. The van der Waals surface area contributed by atoms with Crippen LogP contribution < -0.4 is 4.74 Å². The molecule has 2 aromatic carbocycles. The average molecular weight is 439 g/mol. The van der Waals surface area contributed by atoms with E-state index in [0.717, 1.165) is 65.9 Å². The van der Waals surface area contributed by atoms with Crippen molar-refractivity contribution in [2.24, 2.45) is 5.92 Å². The van der Waals surface area contributed by atoms with Gasteiger partial charge < -0.3 is 24.7 Å². The number of likely N-dealkylation sites (N-methyl/N-ethyl adjacent to an activating group) is 1. The Kier molecular flexibility index (Phi) is 9.71. The molecule has 5 nitrogen and oxygen atoms in total. The Labute approximate surface area is 193 Å². The minimum atomic E-state index is -0.558. The summed E-state index contributed by atoms with van der Waals surface area (Å²) in [5, 5.41) is 18.9. The highest BCUT2D eigenvalue weighted by Crippen LogP contribution is 2.40. The van der Waals surface area contributed by atoms with Gasteiger partial charge in [0.25, 0.3) is 5.54 Å². The first-order valence-corrected chi connectivity index (χ1v) is 11.4. The largest absolute Gasteiger partial charge is 0.496 e. The topological polar surface area (TPSA) is 57.3 Å². The third-order valence-electron chi connectivity index (χ3n) is 6.55. The van der Waals surface area contributed by atoms with E-state index in [1.54, 1.807) is 7.11 Å². The van der Waals surface area contributed by atoms with Crippen molar-refractivity contribution in [1.29, 1.82) is 0 Å². The summed E-state index contributed by atoms with van der Waals surface area (Å²) >= 11 is 0. The number of methoxy groups -OCH3 is 1. The Balaban J connectivity index is 2.00. The molecule has 174 valence electrons. The fraction of sp³-hybridized carbons (Fsp3) is 0.519. The van der Waals surface area contributed by atoms with E-state index in [1.165, 1.54) is 0 Å².